The smallest absolute Gasteiger partial charge is 0.178 e. The fourth-order valence-electron chi connectivity index (χ4n) is 0.806. The Hall–Kier alpha value is -1.51. The van der Waals surface area contributed by atoms with Crippen molar-refractivity contribution in [2.24, 2.45) is 0 Å². The van der Waals surface area contributed by atoms with Crippen LogP contribution < -0.4 is 0 Å². The van der Waals surface area contributed by atoms with Crippen LogP contribution in [0.4, 0.5) is 0 Å². The molecule has 0 saturated heterocycles. The van der Waals surface area contributed by atoms with E-state index in [1.54, 1.807) is 18.6 Å². The summed E-state index contributed by atoms with van der Waals surface area (Å²) in [7, 11) is 0. The normalized spacial score (nSPS) is 8.83. The summed E-state index contributed by atoms with van der Waals surface area (Å²) in [4.78, 5) is 12.1. The molecule has 0 spiro atoms. The number of hydrogen-bond acceptors (Lipinski definition) is 3. The minimum atomic E-state index is 0.699. The molecule has 0 bridgehead atoms. The SMILES string of the molecule is CC.c1cnc2nccnc2c1. The molecule has 0 N–H and O–H groups in total. The van der Waals surface area contributed by atoms with Gasteiger partial charge in [-0.1, -0.05) is 13.8 Å². The lowest BCUT2D eigenvalue weighted by Gasteiger charge is -1.89. The second kappa shape index (κ2) is 4.38. The van der Waals surface area contributed by atoms with Crippen molar-refractivity contribution in [2.45, 2.75) is 13.8 Å². The zero-order chi connectivity index (χ0) is 8.81. The van der Waals surface area contributed by atoms with Crippen molar-refractivity contribution < 1.29 is 0 Å². The highest BCUT2D eigenvalue weighted by atomic mass is 14.9. The summed E-state index contributed by atoms with van der Waals surface area (Å²) in [6.45, 7) is 4.00. The second-order valence-electron chi connectivity index (χ2n) is 1.90. The van der Waals surface area contributed by atoms with Gasteiger partial charge in [0.1, 0.15) is 5.52 Å². The highest BCUT2D eigenvalue weighted by Gasteiger charge is 1.89. The fraction of sp³-hybridized carbons (Fsp3) is 0.222. The molecule has 2 aromatic rings. The van der Waals surface area contributed by atoms with Gasteiger partial charge in [-0.15, -0.1) is 0 Å². The van der Waals surface area contributed by atoms with Crippen LogP contribution >= 0.6 is 0 Å². The summed E-state index contributed by atoms with van der Waals surface area (Å²) in [5.74, 6) is 0. The summed E-state index contributed by atoms with van der Waals surface area (Å²) in [6, 6.07) is 3.73. The van der Waals surface area contributed by atoms with Gasteiger partial charge in [-0.2, -0.15) is 0 Å². The zero-order valence-corrected chi connectivity index (χ0v) is 7.23. The molecule has 0 aliphatic heterocycles. The molecule has 0 unspecified atom stereocenters. The maximum absolute atomic E-state index is 4.06. The molecule has 3 nitrogen and oxygen atoms in total. The van der Waals surface area contributed by atoms with Crippen molar-refractivity contribution in [2.75, 3.05) is 0 Å². The topological polar surface area (TPSA) is 38.7 Å². The van der Waals surface area contributed by atoms with E-state index in [9.17, 15) is 0 Å². The van der Waals surface area contributed by atoms with Crippen molar-refractivity contribution in [3.63, 3.8) is 0 Å². The molecule has 3 heteroatoms. The summed E-state index contributed by atoms with van der Waals surface area (Å²) >= 11 is 0. The molecule has 0 fully saturated rings. The molecule has 0 atom stereocenters. The first-order valence-electron chi connectivity index (χ1n) is 3.98. The highest BCUT2D eigenvalue weighted by Crippen LogP contribution is 2.00. The first-order chi connectivity index (χ1) is 5.97. The summed E-state index contributed by atoms with van der Waals surface area (Å²) < 4.78 is 0. The first-order valence-corrected chi connectivity index (χ1v) is 3.98. The Labute approximate surface area is 71.5 Å². The molecular formula is C9H11N3. The predicted octanol–water partition coefficient (Wildman–Crippen LogP) is 2.05. The molecule has 2 heterocycles. The van der Waals surface area contributed by atoms with Crippen LogP contribution in [0, 0.1) is 0 Å². The molecule has 0 aromatic carbocycles. The number of rotatable bonds is 0. The number of pyridine rings is 1. The van der Waals surface area contributed by atoms with Gasteiger partial charge in [0.15, 0.2) is 5.65 Å². The van der Waals surface area contributed by atoms with E-state index in [1.807, 2.05) is 26.0 Å². The quantitative estimate of drug-likeness (QED) is 0.593. The molecule has 2 aromatic heterocycles. The van der Waals surface area contributed by atoms with Gasteiger partial charge in [0.2, 0.25) is 0 Å². The van der Waals surface area contributed by atoms with E-state index in [1.165, 1.54) is 0 Å². The standard InChI is InChI=1S/C7H5N3.C2H6/c1-2-6-7(9-3-1)10-5-4-8-6;1-2/h1-5H;1-2H3. The van der Waals surface area contributed by atoms with E-state index in [-0.39, 0.29) is 0 Å². The number of hydrogen-bond donors (Lipinski definition) is 0. The third kappa shape index (κ3) is 1.75. The van der Waals surface area contributed by atoms with E-state index < -0.39 is 0 Å². The molecule has 0 saturated carbocycles. The third-order valence-corrected chi connectivity index (χ3v) is 1.24. The molecule has 62 valence electrons. The zero-order valence-electron chi connectivity index (χ0n) is 7.23. The lowest BCUT2D eigenvalue weighted by molar-refractivity contribution is 1.22. The van der Waals surface area contributed by atoms with E-state index in [0.29, 0.717) is 5.65 Å². The van der Waals surface area contributed by atoms with E-state index in [4.69, 9.17) is 0 Å². The van der Waals surface area contributed by atoms with Crippen LogP contribution in [-0.4, -0.2) is 15.0 Å². The number of fused-ring (bicyclic) bond motifs is 1. The monoisotopic (exact) mass is 161 g/mol. The van der Waals surface area contributed by atoms with Gasteiger partial charge in [0.25, 0.3) is 0 Å². The van der Waals surface area contributed by atoms with Crippen LogP contribution in [0.2, 0.25) is 0 Å². The summed E-state index contributed by atoms with van der Waals surface area (Å²) in [5.41, 5.74) is 1.54. The first kappa shape index (κ1) is 8.59. The average molecular weight is 161 g/mol. The van der Waals surface area contributed by atoms with Gasteiger partial charge in [-0.25, -0.2) is 9.97 Å². The Morgan fingerprint density at radius 1 is 0.917 bits per heavy atom. The van der Waals surface area contributed by atoms with Crippen molar-refractivity contribution >= 4 is 11.2 Å². The van der Waals surface area contributed by atoms with Crippen molar-refractivity contribution in [1.82, 2.24) is 15.0 Å². The van der Waals surface area contributed by atoms with Crippen LogP contribution in [0.25, 0.3) is 11.2 Å². The van der Waals surface area contributed by atoms with E-state index in [2.05, 4.69) is 15.0 Å². The molecule has 0 aliphatic rings. The fourth-order valence-corrected chi connectivity index (χ4v) is 0.806. The molecular weight excluding hydrogens is 150 g/mol. The molecule has 2 rings (SSSR count). The summed E-state index contributed by atoms with van der Waals surface area (Å²) in [5, 5.41) is 0. The third-order valence-electron chi connectivity index (χ3n) is 1.24. The molecule has 0 aliphatic carbocycles. The predicted molar refractivity (Wildman–Crippen MR) is 48.7 cm³/mol. The Bertz CT molecular complexity index is 281. The lowest BCUT2D eigenvalue weighted by Crippen LogP contribution is -1.83. The average Bonchev–Trinajstić information content (AvgIpc) is 2.21. The number of aromatic nitrogens is 3. The second-order valence-corrected chi connectivity index (χ2v) is 1.90. The Morgan fingerprint density at radius 2 is 1.58 bits per heavy atom. The lowest BCUT2D eigenvalue weighted by atomic mass is 10.4. The van der Waals surface area contributed by atoms with E-state index >= 15 is 0 Å². The molecule has 0 radical (unpaired) electrons. The van der Waals surface area contributed by atoms with Gasteiger partial charge in [0.05, 0.1) is 0 Å². The largest absolute Gasteiger partial charge is 0.251 e. The van der Waals surface area contributed by atoms with Gasteiger partial charge in [-0.05, 0) is 12.1 Å². The van der Waals surface area contributed by atoms with Crippen LogP contribution in [0.3, 0.4) is 0 Å². The Morgan fingerprint density at radius 3 is 2.33 bits per heavy atom. The Balaban J connectivity index is 0.000000336. The minimum Gasteiger partial charge on any atom is -0.251 e. The molecule has 0 amide bonds. The van der Waals surface area contributed by atoms with Crippen molar-refractivity contribution in [1.29, 1.82) is 0 Å². The minimum absolute atomic E-state index is 0.699. The Kier molecular flexibility index (Phi) is 3.14. The van der Waals surface area contributed by atoms with Crippen LogP contribution in [-0.2, 0) is 0 Å². The maximum Gasteiger partial charge on any atom is 0.178 e. The van der Waals surface area contributed by atoms with Crippen molar-refractivity contribution in [3.05, 3.63) is 30.7 Å². The summed E-state index contributed by atoms with van der Waals surface area (Å²) in [6.07, 6.45) is 5.00. The highest BCUT2D eigenvalue weighted by molar-refractivity contribution is 5.67. The van der Waals surface area contributed by atoms with Crippen LogP contribution in [0.5, 0.6) is 0 Å². The number of nitrogens with zero attached hydrogens (tertiary/aromatic N) is 3. The van der Waals surface area contributed by atoms with Gasteiger partial charge < -0.3 is 0 Å². The van der Waals surface area contributed by atoms with Gasteiger partial charge >= 0.3 is 0 Å². The van der Waals surface area contributed by atoms with Crippen molar-refractivity contribution in [3.8, 4) is 0 Å². The van der Waals surface area contributed by atoms with Gasteiger partial charge in [-0.3, -0.25) is 4.98 Å². The molecule has 12 heavy (non-hydrogen) atoms. The maximum atomic E-state index is 4.06. The van der Waals surface area contributed by atoms with Crippen LogP contribution in [0.15, 0.2) is 30.7 Å². The van der Waals surface area contributed by atoms with Crippen LogP contribution in [0.1, 0.15) is 13.8 Å². The van der Waals surface area contributed by atoms with E-state index in [0.717, 1.165) is 5.52 Å². The van der Waals surface area contributed by atoms with Gasteiger partial charge in [0, 0.05) is 18.6 Å².